The van der Waals surface area contributed by atoms with Gasteiger partial charge in [-0.15, -0.1) is 0 Å². The molecule has 0 heterocycles. The summed E-state index contributed by atoms with van der Waals surface area (Å²) in [5.74, 6) is 6.15. The molecule has 0 fully saturated rings. The van der Waals surface area contributed by atoms with Crippen molar-refractivity contribution in [2.75, 3.05) is 0 Å². The second-order valence-corrected chi connectivity index (χ2v) is 6.02. The Morgan fingerprint density at radius 2 is 1.12 bits per heavy atom. The first-order valence-electron chi connectivity index (χ1n) is 8.51. The second kappa shape index (κ2) is 7.09. The van der Waals surface area contributed by atoms with Gasteiger partial charge in [-0.25, -0.2) is 0 Å². The molecule has 1 aliphatic rings. The van der Waals surface area contributed by atoms with Gasteiger partial charge in [0.25, 0.3) is 0 Å². The summed E-state index contributed by atoms with van der Waals surface area (Å²) in [6.07, 6.45) is 1.91. The Morgan fingerprint density at radius 1 is 0.577 bits per heavy atom. The smallest absolute Gasteiger partial charge is 0.202 e. The molecule has 0 aromatic heterocycles. The summed E-state index contributed by atoms with van der Waals surface area (Å²) in [5.41, 5.74) is 5.02. The third-order valence-electron chi connectivity index (χ3n) is 4.29. The van der Waals surface area contributed by atoms with Crippen LogP contribution in [0, 0.1) is 11.8 Å². The zero-order valence-electron chi connectivity index (χ0n) is 14.1. The van der Waals surface area contributed by atoms with Gasteiger partial charge in [-0.05, 0) is 34.9 Å². The minimum absolute atomic E-state index is 0.0153. The molecular formula is C25H16O. The van der Waals surface area contributed by atoms with E-state index in [1.54, 1.807) is 0 Å². The minimum atomic E-state index is -0.0153. The van der Waals surface area contributed by atoms with Gasteiger partial charge in [-0.3, -0.25) is 4.79 Å². The molecule has 26 heavy (non-hydrogen) atoms. The van der Waals surface area contributed by atoms with Crippen molar-refractivity contribution < 1.29 is 4.79 Å². The zero-order chi connectivity index (χ0) is 17.8. The highest BCUT2D eigenvalue weighted by Gasteiger charge is 2.26. The summed E-state index contributed by atoms with van der Waals surface area (Å²) in [4.78, 5) is 13.1. The lowest BCUT2D eigenvalue weighted by Crippen LogP contribution is -2.00. The van der Waals surface area contributed by atoms with Gasteiger partial charge in [-0.1, -0.05) is 90.7 Å². The van der Waals surface area contributed by atoms with Gasteiger partial charge in [-0.2, -0.15) is 0 Å². The van der Waals surface area contributed by atoms with Crippen LogP contribution in [0.25, 0.3) is 11.1 Å². The van der Waals surface area contributed by atoms with Gasteiger partial charge in [0, 0.05) is 11.1 Å². The van der Waals surface area contributed by atoms with Crippen LogP contribution < -0.4 is 0 Å². The Labute approximate surface area is 153 Å². The van der Waals surface area contributed by atoms with E-state index in [1.807, 2.05) is 97.1 Å². The quantitative estimate of drug-likeness (QED) is 0.593. The van der Waals surface area contributed by atoms with E-state index in [0.717, 1.165) is 22.3 Å². The normalized spacial score (nSPS) is 13.2. The molecular weight excluding hydrogens is 316 g/mol. The Hall–Kier alpha value is -3.63. The van der Waals surface area contributed by atoms with Crippen molar-refractivity contribution in [3.05, 3.63) is 119 Å². The standard InChI is InChI=1S/C25H16O/c26-25-22(17-16-19-10-4-1-5-11-19)18-23(20-12-6-2-7-13-20)24(25)21-14-8-3-9-15-21/h1-15,18H. The Bertz CT molecular complexity index is 1060. The Morgan fingerprint density at radius 3 is 1.73 bits per heavy atom. The molecule has 0 atom stereocenters. The molecule has 4 rings (SSSR count). The summed E-state index contributed by atoms with van der Waals surface area (Å²) in [6.45, 7) is 0. The van der Waals surface area contributed by atoms with Gasteiger partial charge >= 0.3 is 0 Å². The topological polar surface area (TPSA) is 17.1 Å². The number of ketones is 1. The molecule has 0 saturated heterocycles. The van der Waals surface area contributed by atoms with Gasteiger partial charge < -0.3 is 0 Å². The van der Waals surface area contributed by atoms with Crippen LogP contribution in [-0.4, -0.2) is 5.78 Å². The SMILES string of the molecule is O=C1C(C#Cc2ccccc2)=CC(c2ccccc2)=C1c1ccccc1. The van der Waals surface area contributed by atoms with Crippen LogP contribution in [0.15, 0.2) is 103 Å². The van der Waals surface area contributed by atoms with Crippen LogP contribution in [0.3, 0.4) is 0 Å². The average Bonchev–Trinajstić information content (AvgIpc) is 3.05. The van der Waals surface area contributed by atoms with E-state index in [0.29, 0.717) is 11.1 Å². The van der Waals surface area contributed by atoms with Gasteiger partial charge in [0.05, 0.1) is 5.57 Å². The fourth-order valence-electron chi connectivity index (χ4n) is 3.03. The molecule has 0 bridgehead atoms. The van der Waals surface area contributed by atoms with Crippen LogP contribution in [0.4, 0.5) is 0 Å². The Balaban J connectivity index is 1.80. The maximum Gasteiger partial charge on any atom is 0.202 e. The number of hydrogen-bond acceptors (Lipinski definition) is 1. The summed E-state index contributed by atoms with van der Waals surface area (Å²) < 4.78 is 0. The van der Waals surface area contributed by atoms with Crippen molar-refractivity contribution in [3.8, 4) is 11.8 Å². The summed E-state index contributed by atoms with van der Waals surface area (Å²) in [5, 5.41) is 0. The van der Waals surface area contributed by atoms with Crippen molar-refractivity contribution in [1.29, 1.82) is 0 Å². The van der Waals surface area contributed by atoms with E-state index in [-0.39, 0.29) is 5.78 Å². The maximum atomic E-state index is 13.1. The van der Waals surface area contributed by atoms with Gasteiger partial charge in [0.2, 0.25) is 5.78 Å². The van der Waals surface area contributed by atoms with Crippen molar-refractivity contribution in [3.63, 3.8) is 0 Å². The summed E-state index contributed by atoms with van der Waals surface area (Å²) >= 11 is 0. The molecule has 1 heteroatoms. The van der Waals surface area contributed by atoms with Crippen molar-refractivity contribution in [1.82, 2.24) is 0 Å². The number of carbonyl (C=O) groups is 1. The third-order valence-corrected chi connectivity index (χ3v) is 4.29. The van der Waals surface area contributed by atoms with Crippen LogP contribution >= 0.6 is 0 Å². The molecule has 0 saturated carbocycles. The maximum absolute atomic E-state index is 13.1. The zero-order valence-corrected chi connectivity index (χ0v) is 14.1. The molecule has 1 nitrogen and oxygen atoms in total. The van der Waals surface area contributed by atoms with E-state index >= 15 is 0 Å². The molecule has 0 spiro atoms. The molecule has 0 unspecified atom stereocenters. The van der Waals surface area contributed by atoms with Crippen molar-refractivity contribution in [2.24, 2.45) is 0 Å². The number of hydrogen-bond donors (Lipinski definition) is 0. The van der Waals surface area contributed by atoms with E-state index in [9.17, 15) is 4.79 Å². The first-order chi connectivity index (χ1) is 12.8. The van der Waals surface area contributed by atoms with Crippen LogP contribution in [0.5, 0.6) is 0 Å². The highest BCUT2D eigenvalue weighted by molar-refractivity contribution is 6.40. The largest absolute Gasteiger partial charge is 0.288 e. The number of carbonyl (C=O) groups excluding carboxylic acids is 1. The predicted octanol–water partition coefficient (Wildman–Crippen LogP) is 5.16. The van der Waals surface area contributed by atoms with E-state index in [4.69, 9.17) is 0 Å². The van der Waals surface area contributed by atoms with Crippen molar-refractivity contribution in [2.45, 2.75) is 0 Å². The number of allylic oxidation sites excluding steroid dienone is 4. The first-order valence-corrected chi connectivity index (χ1v) is 8.51. The lowest BCUT2D eigenvalue weighted by Gasteiger charge is -2.06. The van der Waals surface area contributed by atoms with Gasteiger partial charge in [0.1, 0.15) is 0 Å². The molecule has 0 aliphatic heterocycles. The molecule has 1 aliphatic carbocycles. The second-order valence-electron chi connectivity index (χ2n) is 6.02. The van der Waals surface area contributed by atoms with Gasteiger partial charge in [0.15, 0.2) is 0 Å². The summed E-state index contributed by atoms with van der Waals surface area (Å²) in [7, 11) is 0. The molecule has 0 radical (unpaired) electrons. The fraction of sp³-hybridized carbons (Fsp3) is 0. The molecule has 3 aromatic carbocycles. The lowest BCUT2D eigenvalue weighted by molar-refractivity contribution is -0.110. The average molecular weight is 332 g/mol. The molecule has 3 aromatic rings. The highest BCUT2D eigenvalue weighted by Crippen LogP contribution is 2.36. The monoisotopic (exact) mass is 332 g/mol. The molecule has 0 N–H and O–H groups in total. The number of benzene rings is 3. The Kier molecular flexibility index (Phi) is 4.33. The van der Waals surface area contributed by atoms with E-state index < -0.39 is 0 Å². The minimum Gasteiger partial charge on any atom is -0.288 e. The van der Waals surface area contributed by atoms with Crippen LogP contribution in [-0.2, 0) is 4.79 Å². The predicted molar refractivity (Wildman–Crippen MR) is 106 cm³/mol. The third kappa shape index (κ3) is 3.14. The van der Waals surface area contributed by atoms with E-state index in [2.05, 4.69) is 11.8 Å². The van der Waals surface area contributed by atoms with Crippen LogP contribution in [0.1, 0.15) is 16.7 Å². The fourth-order valence-corrected chi connectivity index (χ4v) is 3.03. The number of rotatable bonds is 2. The summed E-state index contributed by atoms with van der Waals surface area (Å²) in [6, 6.07) is 29.5. The lowest BCUT2D eigenvalue weighted by atomic mass is 9.96. The molecule has 0 amide bonds. The first kappa shape index (κ1) is 15.9. The highest BCUT2D eigenvalue weighted by atomic mass is 16.1. The van der Waals surface area contributed by atoms with Crippen LogP contribution in [0.2, 0.25) is 0 Å². The van der Waals surface area contributed by atoms with E-state index in [1.165, 1.54) is 0 Å². The van der Waals surface area contributed by atoms with Crippen molar-refractivity contribution >= 4 is 16.9 Å². The number of Topliss-reactive ketones (excluding diaryl/α,β-unsaturated/α-hetero) is 1. The molecule has 122 valence electrons.